The highest BCUT2D eigenvalue weighted by atomic mass is 16.5. The monoisotopic (exact) mass is 846 g/mol. The molecule has 0 saturated heterocycles. The Balaban J connectivity index is 4.58. The van der Waals surface area contributed by atoms with Gasteiger partial charge in [0.05, 0.1) is 25.2 Å². The van der Waals surface area contributed by atoms with Gasteiger partial charge in [-0.3, -0.25) is 9.59 Å². The van der Waals surface area contributed by atoms with E-state index in [9.17, 15) is 19.8 Å². The predicted molar refractivity (Wildman–Crippen MR) is 260 cm³/mol. The lowest BCUT2D eigenvalue weighted by Gasteiger charge is -2.24. The first-order valence-corrected chi connectivity index (χ1v) is 26.6. The van der Waals surface area contributed by atoms with E-state index in [1.165, 1.54) is 173 Å². The van der Waals surface area contributed by atoms with Crippen LogP contribution < -0.4 is 5.32 Å². The Kier molecular flexibility index (Phi) is 47.0. The molecule has 0 heterocycles. The van der Waals surface area contributed by atoms with Crippen LogP contribution in [0.1, 0.15) is 284 Å². The minimum atomic E-state index is -0.788. The standard InChI is InChI=1S/C54H103NO5/c1-4-7-10-13-16-19-22-24-26-28-29-31-33-36-39-42-45-50(60-54(59)47-44-41-38-35-32-30-27-25-23-20-17-14-11-8-5-2)48-53(58)55-51(49-56)52(57)46-43-40-37-34-21-18-15-12-9-6-3/h20,23,29,31,50-52,56-57H,4-19,21-22,24-28,30,32-49H2,1-3H3,(H,55,58)/b23-20-,31-29+. The van der Waals surface area contributed by atoms with Crippen molar-refractivity contribution >= 4 is 11.9 Å². The van der Waals surface area contributed by atoms with Gasteiger partial charge in [-0.05, 0) is 77.0 Å². The van der Waals surface area contributed by atoms with Crippen LogP contribution in [-0.4, -0.2) is 46.9 Å². The highest BCUT2D eigenvalue weighted by Crippen LogP contribution is 2.18. The van der Waals surface area contributed by atoms with Gasteiger partial charge < -0.3 is 20.3 Å². The number of aliphatic hydroxyl groups excluding tert-OH is 2. The van der Waals surface area contributed by atoms with Crippen LogP contribution in [0.25, 0.3) is 0 Å². The summed E-state index contributed by atoms with van der Waals surface area (Å²) in [6, 6.07) is -0.702. The van der Waals surface area contributed by atoms with Crippen LogP contribution in [0.2, 0.25) is 0 Å². The van der Waals surface area contributed by atoms with Gasteiger partial charge in [-0.1, -0.05) is 218 Å². The van der Waals surface area contributed by atoms with E-state index in [0.29, 0.717) is 19.3 Å². The van der Waals surface area contributed by atoms with Crippen molar-refractivity contribution in [2.75, 3.05) is 6.61 Å². The van der Waals surface area contributed by atoms with Gasteiger partial charge in [-0.25, -0.2) is 0 Å². The van der Waals surface area contributed by atoms with Gasteiger partial charge in [0.1, 0.15) is 6.10 Å². The molecule has 3 N–H and O–H groups in total. The third-order valence-electron chi connectivity index (χ3n) is 12.3. The Bertz CT molecular complexity index is 950. The second-order valence-electron chi connectivity index (χ2n) is 18.3. The van der Waals surface area contributed by atoms with Crippen molar-refractivity contribution in [3.63, 3.8) is 0 Å². The minimum Gasteiger partial charge on any atom is -0.462 e. The van der Waals surface area contributed by atoms with Gasteiger partial charge in [-0.2, -0.15) is 0 Å². The van der Waals surface area contributed by atoms with E-state index in [0.717, 1.165) is 64.2 Å². The maximum atomic E-state index is 13.2. The van der Waals surface area contributed by atoms with Crippen molar-refractivity contribution < 1.29 is 24.5 Å². The molecule has 0 bridgehead atoms. The number of nitrogens with one attached hydrogen (secondary N) is 1. The fourth-order valence-corrected chi connectivity index (χ4v) is 8.19. The number of unbranched alkanes of at least 4 members (excludes halogenated alkanes) is 32. The largest absolute Gasteiger partial charge is 0.462 e. The average molecular weight is 846 g/mol. The Hall–Kier alpha value is -1.66. The summed E-state index contributed by atoms with van der Waals surface area (Å²) in [7, 11) is 0. The van der Waals surface area contributed by atoms with Crippen LogP contribution in [0.4, 0.5) is 0 Å². The Morgan fingerprint density at radius 1 is 0.467 bits per heavy atom. The first-order valence-electron chi connectivity index (χ1n) is 26.6. The van der Waals surface area contributed by atoms with Gasteiger partial charge >= 0.3 is 5.97 Å². The molecule has 0 aliphatic heterocycles. The summed E-state index contributed by atoms with van der Waals surface area (Å²) < 4.78 is 5.93. The summed E-state index contributed by atoms with van der Waals surface area (Å²) in [6.07, 6.45) is 55.2. The molecule has 0 aromatic carbocycles. The third-order valence-corrected chi connectivity index (χ3v) is 12.3. The number of aliphatic hydroxyl groups is 2. The summed E-state index contributed by atoms with van der Waals surface area (Å²) in [6.45, 7) is 6.47. The molecule has 0 spiro atoms. The van der Waals surface area contributed by atoms with Gasteiger partial charge in [-0.15, -0.1) is 0 Å². The molecule has 0 aliphatic carbocycles. The van der Waals surface area contributed by atoms with Crippen molar-refractivity contribution in [2.45, 2.75) is 302 Å². The van der Waals surface area contributed by atoms with Crippen LogP contribution in [0.3, 0.4) is 0 Å². The lowest BCUT2D eigenvalue weighted by Crippen LogP contribution is -2.46. The average Bonchev–Trinajstić information content (AvgIpc) is 3.24. The smallest absolute Gasteiger partial charge is 0.306 e. The fourth-order valence-electron chi connectivity index (χ4n) is 8.19. The van der Waals surface area contributed by atoms with Crippen molar-refractivity contribution in [3.05, 3.63) is 24.3 Å². The van der Waals surface area contributed by atoms with E-state index in [1.807, 2.05) is 0 Å². The molecule has 6 nitrogen and oxygen atoms in total. The predicted octanol–water partition coefficient (Wildman–Crippen LogP) is 15.9. The van der Waals surface area contributed by atoms with Gasteiger partial charge in [0.2, 0.25) is 5.91 Å². The number of carbonyl (C=O) groups is 2. The van der Waals surface area contributed by atoms with E-state index >= 15 is 0 Å². The number of hydrogen-bond acceptors (Lipinski definition) is 5. The molecular formula is C54H103NO5. The molecule has 3 unspecified atom stereocenters. The molecule has 0 saturated carbocycles. The quantitative estimate of drug-likeness (QED) is 0.0322. The number of carbonyl (C=O) groups excluding carboxylic acids is 2. The van der Waals surface area contributed by atoms with Gasteiger partial charge in [0, 0.05) is 6.42 Å². The second kappa shape index (κ2) is 48.4. The number of ether oxygens (including phenoxy) is 1. The zero-order valence-electron chi connectivity index (χ0n) is 40.4. The highest BCUT2D eigenvalue weighted by Gasteiger charge is 2.24. The van der Waals surface area contributed by atoms with Crippen LogP contribution in [0, 0.1) is 0 Å². The van der Waals surface area contributed by atoms with Gasteiger partial charge in [0.25, 0.3) is 0 Å². The van der Waals surface area contributed by atoms with E-state index in [4.69, 9.17) is 4.74 Å². The third kappa shape index (κ3) is 43.0. The number of amides is 1. The second-order valence-corrected chi connectivity index (χ2v) is 18.3. The maximum Gasteiger partial charge on any atom is 0.306 e. The molecule has 0 aromatic rings. The maximum absolute atomic E-state index is 13.2. The number of hydrogen-bond donors (Lipinski definition) is 3. The lowest BCUT2D eigenvalue weighted by atomic mass is 10.0. The highest BCUT2D eigenvalue weighted by molar-refractivity contribution is 5.77. The molecule has 1 amide bonds. The zero-order valence-corrected chi connectivity index (χ0v) is 40.4. The molecule has 0 rings (SSSR count). The number of esters is 1. The van der Waals surface area contributed by atoms with Crippen LogP contribution >= 0.6 is 0 Å². The normalized spacial score (nSPS) is 13.3. The Labute approximate surface area is 373 Å². The molecule has 0 aromatic heterocycles. The summed E-state index contributed by atoms with van der Waals surface area (Å²) in [5, 5.41) is 23.7. The van der Waals surface area contributed by atoms with Crippen molar-refractivity contribution in [1.82, 2.24) is 5.32 Å². The molecular weight excluding hydrogens is 743 g/mol. The first-order chi connectivity index (χ1) is 29.5. The zero-order chi connectivity index (χ0) is 43.8. The van der Waals surface area contributed by atoms with Crippen LogP contribution in [-0.2, 0) is 14.3 Å². The van der Waals surface area contributed by atoms with Crippen LogP contribution in [0.5, 0.6) is 0 Å². The van der Waals surface area contributed by atoms with E-state index in [-0.39, 0.29) is 24.9 Å². The number of rotatable bonds is 48. The summed E-state index contributed by atoms with van der Waals surface area (Å²) in [4.78, 5) is 26.1. The molecule has 0 aliphatic rings. The SMILES string of the molecule is CCCCCC/C=C\CCCCCCCCCC(=O)OC(CCCCC/C=C/CCCCCCCCCCC)CC(=O)NC(CO)C(O)CCCCCCCCCCCC. The van der Waals surface area contributed by atoms with Crippen molar-refractivity contribution in [1.29, 1.82) is 0 Å². The fraction of sp³-hybridized carbons (Fsp3) is 0.889. The van der Waals surface area contributed by atoms with Gasteiger partial charge in [0.15, 0.2) is 0 Å². The molecule has 0 radical (unpaired) electrons. The van der Waals surface area contributed by atoms with E-state index < -0.39 is 18.2 Å². The molecule has 0 fully saturated rings. The number of allylic oxidation sites excluding steroid dienone is 4. The summed E-state index contributed by atoms with van der Waals surface area (Å²) in [5.41, 5.74) is 0. The lowest BCUT2D eigenvalue weighted by molar-refractivity contribution is -0.151. The van der Waals surface area contributed by atoms with Crippen molar-refractivity contribution in [2.24, 2.45) is 0 Å². The minimum absolute atomic E-state index is 0.0693. The molecule has 354 valence electrons. The first kappa shape index (κ1) is 58.3. The van der Waals surface area contributed by atoms with Crippen molar-refractivity contribution in [3.8, 4) is 0 Å². The summed E-state index contributed by atoms with van der Waals surface area (Å²) in [5.74, 6) is -0.482. The Morgan fingerprint density at radius 2 is 0.800 bits per heavy atom. The van der Waals surface area contributed by atoms with Crippen LogP contribution in [0.15, 0.2) is 24.3 Å². The molecule has 60 heavy (non-hydrogen) atoms. The molecule has 3 atom stereocenters. The van der Waals surface area contributed by atoms with E-state index in [2.05, 4.69) is 50.4 Å². The topological polar surface area (TPSA) is 95.9 Å². The van der Waals surface area contributed by atoms with E-state index in [1.54, 1.807) is 0 Å². The molecule has 6 heteroatoms. The Morgan fingerprint density at radius 3 is 1.22 bits per heavy atom. The summed E-state index contributed by atoms with van der Waals surface area (Å²) >= 11 is 0.